The number of aryl methyl sites for hydroxylation is 2. The van der Waals surface area contributed by atoms with Crippen LogP contribution < -0.4 is 0 Å². The van der Waals surface area contributed by atoms with E-state index >= 15 is 0 Å². The van der Waals surface area contributed by atoms with Gasteiger partial charge in [-0.1, -0.05) is 29.8 Å². The molecule has 1 aliphatic heterocycles. The minimum atomic E-state index is -0.768. The molecule has 4 heterocycles. The van der Waals surface area contributed by atoms with E-state index in [1.807, 2.05) is 29.0 Å². The van der Waals surface area contributed by atoms with Gasteiger partial charge in [0, 0.05) is 36.7 Å². The van der Waals surface area contributed by atoms with Gasteiger partial charge in [-0.15, -0.1) is 0 Å². The summed E-state index contributed by atoms with van der Waals surface area (Å²) in [6, 6.07) is 11.7. The maximum absolute atomic E-state index is 13.3. The predicted octanol–water partition coefficient (Wildman–Crippen LogP) is 4.00. The molecule has 5 rings (SSSR count). The van der Waals surface area contributed by atoms with E-state index in [0.717, 1.165) is 0 Å². The molecule has 0 spiro atoms. The normalized spacial score (nSPS) is 17.7. The molecule has 1 saturated heterocycles. The van der Waals surface area contributed by atoms with Gasteiger partial charge in [0.1, 0.15) is 11.3 Å². The topological polar surface area (TPSA) is 92.7 Å². The predicted molar refractivity (Wildman–Crippen MR) is 127 cm³/mol. The van der Waals surface area contributed by atoms with Crippen LogP contribution >= 0.6 is 11.6 Å². The van der Waals surface area contributed by atoms with Crippen LogP contribution in [0.2, 0.25) is 5.02 Å². The van der Waals surface area contributed by atoms with Crippen LogP contribution in [-0.4, -0.2) is 47.2 Å². The Morgan fingerprint density at radius 2 is 1.97 bits per heavy atom. The third kappa shape index (κ3) is 3.76. The van der Waals surface area contributed by atoms with Crippen molar-refractivity contribution in [3.8, 4) is 0 Å². The zero-order valence-electron chi connectivity index (χ0n) is 18.4. The Morgan fingerprint density at radius 1 is 1.12 bits per heavy atom. The molecule has 34 heavy (non-hydrogen) atoms. The number of carbonyl (C=O) groups excluding carboxylic acids is 2. The van der Waals surface area contributed by atoms with Crippen LogP contribution in [0.25, 0.3) is 11.4 Å². The van der Waals surface area contributed by atoms with Crippen LogP contribution in [0.1, 0.15) is 29.4 Å². The maximum Gasteiger partial charge on any atom is 0.295 e. The van der Waals surface area contributed by atoms with E-state index in [9.17, 15) is 14.7 Å². The fraction of sp³-hybridized carbons (Fsp3) is 0.200. The highest BCUT2D eigenvalue weighted by Gasteiger charge is 2.46. The molecule has 1 N–H and O–H groups in total. The zero-order valence-corrected chi connectivity index (χ0v) is 19.2. The molecule has 0 aliphatic carbocycles. The number of fused-ring (bicyclic) bond motifs is 1. The first-order valence-corrected chi connectivity index (χ1v) is 11.3. The number of rotatable bonds is 6. The number of carbonyl (C=O) groups is 2. The highest BCUT2D eigenvalue weighted by molar-refractivity contribution is 6.46. The van der Waals surface area contributed by atoms with Crippen molar-refractivity contribution in [3.05, 3.63) is 94.9 Å². The van der Waals surface area contributed by atoms with Crippen molar-refractivity contribution >= 4 is 34.7 Å². The number of likely N-dealkylation sites (tertiary alicyclic amines) is 1. The maximum atomic E-state index is 13.3. The Bertz CT molecular complexity index is 1420. The summed E-state index contributed by atoms with van der Waals surface area (Å²) in [6.07, 6.45) is 7.61. The molecule has 0 radical (unpaired) electrons. The van der Waals surface area contributed by atoms with Gasteiger partial charge in [-0.2, -0.15) is 0 Å². The number of imidazole rings is 2. The van der Waals surface area contributed by atoms with E-state index in [2.05, 4.69) is 9.97 Å². The molecule has 172 valence electrons. The highest BCUT2D eigenvalue weighted by atomic mass is 35.5. The summed E-state index contributed by atoms with van der Waals surface area (Å²) in [5, 5.41) is 11.9. The van der Waals surface area contributed by atoms with Gasteiger partial charge in [0.15, 0.2) is 5.76 Å². The number of aromatic nitrogens is 4. The standard InChI is InChI=1S/C25H22ClN5O3/c1-16-21(30-11-3-2-8-19(30)28-16)23(32)20-22(17-6-4-7-18(26)14-17)31(25(34)24(20)33)12-5-10-29-13-9-27-15-29/h2-4,6-9,11,13-15,22,32H,5,10,12H2,1H3/b23-20+. The van der Waals surface area contributed by atoms with E-state index in [1.54, 1.807) is 54.3 Å². The minimum Gasteiger partial charge on any atom is -0.505 e. The first-order chi connectivity index (χ1) is 16.5. The first-order valence-electron chi connectivity index (χ1n) is 10.9. The third-order valence-corrected chi connectivity index (χ3v) is 6.24. The summed E-state index contributed by atoms with van der Waals surface area (Å²) < 4.78 is 3.62. The lowest BCUT2D eigenvalue weighted by Gasteiger charge is -2.25. The molecule has 1 fully saturated rings. The number of nitrogens with zero attached hydrogens (tertiary/aromatic N) is 5. The van der Waals surface area contributed by atoms with Crippen LogP contribution in [0.4, 0.5) is 0 Å². The average Bonchev–Trinajstić information content (AvgIpc) is 3.51. The summed E-state index contributed by atoms with van der Waals surface area (Å²) in [5.41, 5.74) is 2.26. The van der Waals surface area contributed by atoms with Crippen molar-refractivity contribution in [3.63, 3.8) is 0 Å². The van der Waals surface area contributed by atoms with Crippen LogP contribution in [0, 0.1) is 6.92 Å². The van der Waals surface area contributed by atoms with E-state index in [0.29, 0.717) is 47.1 Å². The highest BCUT2D eigenvalue weighted by Crippen LogP contribution is 2.40. The molecule has 1 aliphatic rings. The lowest BCUT2D eigenvalue weighted by molar-refractivity contribution is -0.139. The first kappa shape index (κ1) is 21.9. The minimum absolute atomic E-state index is 0.0312. The van der Waals surface area contributed by atoms with Gasteiger partial charge in [-0.3, -0.25) is 14.0 Å². The molecule has 8 nitrogen and oxygen atoms in total. The Labute approximate surface area is 200 Å². The van der Waals surface area contributed by atoms with Crippen LogP contribution in [-0.2, 0) is 16.1 Å². The Morgan fingerprint density at radius 3 is 2.74 bits per heavy atom. The number of hydrogen-bond acceptors (Lipinski definition) is 5. The number of halogens is 1. The van der Waals surface area contributed by atoms with Crippen molar-refractivity contribution in [1.82, 2.24) is 23.8 Å². The van der Waals surface area contributed by atoms with Crippen molar-refractivity contribution in [2.24, 2.45) is 0 Å². The van der Waals surface area contributed by atoms with E-state index in [4.69, 9.17) is 11.6 Å². The van der Waals surface area contributed by atoms with Crippen LogP contribution in [0.15, 0.2) is 73.0 Å². The second-order valence-corrected chi connectivity index (χ2v) is 8.61. The average molecular weight is 476 g/mol. The van der Waals surface area contributed by atoms with Crippen molar-refractivity contribution in [1.29, 1.82) is 0 Å². The lowest BCUT2D eigenvalue weighted by atomic mass is 9.96. The molecule has 3 aromatic heterocycles. The van der Waals surface area contributed by atoms with Crippen LogP contribution in [0.5, 0.6) is 0 Å². The summed E-state index contributed by atoms with van der Waals surface area (Å²) in [5.74, 6) is -1.63. The lowest BCUT2D eigenvalue weighted by Crippen LogP contribution is -2.31. The van der Waals surface area contributed by atoms with Gasteiger partial charge >= 0.3 is 0 Å². The quantitative estimate of drug-likeness (QED) is 0.258. The third-order valence-electron chi connectivity index (χ3n) is 6.01. The molecular weight excluding hydrogens is 454 g/mol. The van der Waals surface area contributed by atoms with E-state index < -0.39 is 17.7 Å². The number of aliphatic hydroxyl groups is 1. The number of pyridine rings is 1. The summed E-state index contributed by atoms with van der Waals surface area (Å²) >= 11 is 6.25. The summed E-state index contributed by atoms with van der Waals surface area (Å²) in [7, 11) is 0. The molecule has 1 amide bonds. The van der Waals surface area contributed by atoms with Crippen molar-refractivity contribution in [2.75, 3.05) is 6.54 Å². The summed E-state index contributed by atoms with van der Waals surface area (Å²) in [4.78, 5) is 36.5. The number of hydrogen-bond donors (Lipinski definition) is 1. The number of aliphatic hydroxyl groups excluding tert-OH is 1. The van der Waals surface area contributed by atoms with Crippen LogP contribution in [0.3, 0.4) is 0 Å². The molecule has 0 saturated carbocycles. The number of benzene rings is 1. The molecule has 1 aromatic carbocycles. The van der Waals surface area contributed by atoms with Gasteiger partial charge in [0.2, 0.25) is 0 Å². The van der Waals surface area contributed by atoms with E-state index in [1.165, 1.54) is 4.90 Å². The SMILES string of the molecule is Cc1nc2ccccn2c1/C(O)=C1\C(=O)C(=O)N(CCCn2ccnc2)C1c1cccc(Cl)c1. The zero-order chi connectivity index (χ0) is 23.8. The largest absolute Gasteiger partial charge is 0.505 e. The number of ketones is 1. The van der Waals surface area contributed by atoms with Gasteiger partial charge in [0.25, 0.3) is 11.7 Å². The van der Waals surface area contributed by atoms with Crippen molar-refractivity contribution in [2.45, 2.75) is 25.9 Å². The second kappa shape index (κ2) is 8.79. The number of amides is 1. The number of Topliss-reactive ketones (excluding diaryl/α,β-unsaturated/α-hetero) is 1. The van der Waals surface area contributed by atoms with E-state index in [-0.39, 0.29) is 11.3 Å². The summed E-state index contributed by atoms with van der Waals surface area (Å²) in [6.45, 7) is 2.72. The Hall–Kier alpha value is -3.91. The van der Waals surface area contributed by atoms with Gasteiger partial charge in [-0.25, -0.2) is 9.97 Å². The molecular formula is C25H22ClN5O3. The fourth-order valence-corrected chi connectivity index (χ4v) is 4.70. The van der Waals surface area contributed by atoms with Gasteiger partial charge < -0.3 is 14.6 Å². The molecule has 4 aromatic rings. The smallest absolute Gasteiger partial charge is 0.295 e. The molecule has 9 heteroatoms. The van der Waals surface area contributed by atoms with Crippen molar-refractivity contribution < 1.29 is 14.7 Å². The molecule has 1 unspecified atom stereocenters. The monoisotopic (exact) mass is 475 g/mol. The molecule has 0 bridgehead atoms. The van der Waals surface area contributed by atoms with Gasteiger partial charge in [-0.05, 0) is 43.2 Å². The second-order valence-electron chi connectivity index (χ2n) is 8.18. The molecule has 1 atom stereocenters. The van der Waals surface area contributed by atoms with Gasteiger partial charge in [0.05, 0.1) is 23.6 Å². The Balaban J connectivity index is 1.61. The fourth-order valence-electron chi connectivity index (χ4n) is 4.50. The Kier molecular flexibility index (Phi) is 5.67.